The van der Waals surface area contributed by atoms with Gasteiger partial charge in [-0.3, -0.25) is 0 Å². The molecule has 0 amide bonds. The Kier molecular flexibility index (Phi) is 10.7. The highest BCUT2D eigenvalue weighted by molar-refractivity contribution is 5.97. The fraction of sp³-hybridized carbons (Fsp3) is 0.583. The molecule has 1 fully saturated rings. The first-order valence-corrected chi connectivity index (χ1v) is 10.6. The van der Waals surface area contributed by atoms with Gasteiger partial charge in [-0.25, -0.2) is 18.8 Å². The van der Waals surface area contributed by atoms with Crippen LogP contribution in [-0.4, -0.2) is 36.6 Å². The second-order valence-corrected chi connectivity index (χ2v) is 8.68. The van der Waals surface area contributed by atoms with Crippen molar-refractivity contribution in [3.8, 4) is 0 Å². The summed E-state index contributed by atoms with van der Waals surface area (Å²) in [6, 6.07) is 0. The largest absolute Gasteiger partial charge is 0.383 e. The van der Waals surface area contributed by atoms with Crippen LogP contribution < -0.4 is 5.73 Å². The Balaban J connectivity index is 2.62. The lowest BCUT2D eigenvalue weighted by Gasteiger charge is -2.37. The third kappa shape index (κ3) is 9.06. The fourth-order valence-corrected chi connectivity index (χ4v) is 3.27. The number of halogens is 2. The zero-order valence-corrected chi connectivity index (χ0v) is 19.2. The van der Waals surface area contributed by atoms with E-state index in [0.717, 1.165) is 24.4 Å². The molecule has 0 radical (unpaired) electrons. The summed E-state index contributed by atoms with van der Waals surface area (Å²) < 4.78 is 25.2. The van der Waals surface area contributed by atoms with Crippen LogP contribution in [0.25, 0.3) is 0 Å². The van der Waals surface area contributed by atoms with Crippen molar-refractivity contribution in [2.45, 2.75) is 66.2 Å². The average molecular weight is 421 g/mol. The first-order valence-electron chi connectivity index (χ1n) is 10.6. The normalized spacial score (nSPS) is 24.6. The zero-order chi connectivity index (χ0) is 22.7. The molecule has 6 heteroatoms. The Hall–Kier alpha value is -2.24. The summed E-state index contributed by atoms with van der Waals surface area (Å²) in [5.74, 6) is 2.07. The summed E-state index contributed by atoms with van der Waals surface area (Å²) in [6.07, 6.45) is 10.7. The van der Waals surface area contributed by atoms with Crippen LogP contribution in [0.4, 0.5) is 8.78 Å². The van der Waals surface area contributed by atoms with Gasteiger partial charge in [0.1, 0.15) is 11.7 Å². The lowest BCUT2D eigenvalue weighted by atomic mass is 9.70. The van der Waals surface area contributed by atoms with Crippen LogP contribution >= 0.6 is 0 Å². The summed E-state index contributed by atoms with van der Waals surface area (Å²) in [5, 5.41) is 0. The van der Waals surface area contributed by atoms with Gasteiger partial charge in [0.25, 0.3) is 6.43 Å². The van der Waals surface area contributed by atoms with Gasteiger partial charge in [-0.15, -0.1) is 0 Å². The minimum atomic E-state index is -2.56. The number of nitrogens with zero attached hydrogens (tertiary/aromatic N) is 3. The van der Waals surface area contributed by atoms with Crippen molar-refractivity contribution in [2.24, 2.45) is 27.1 Å². The minimum absolute atomic E-state index is 0.160. The summed E-state index contributed by atoms with van der Waals surface area (Å²) >= 11 is 0. The van der Waals surface area contributed by atoms with Crippen molar-refractivity contribution < 1.29 is 8.78 Å². The molecule has 1 aliphatic rings. The predicted molar refractivity (Wildman–Crippen MR) is 125 cm³/mol. The van der Waals surface area contributed by atoms with Gasteiger partial charge < -0.3 is 10.6 Å². The first-order chi connectivity index (χ1) is 14.1. The van der Waals surface area contributed by atoms with E-state index >= 15 is 0 Å². The quantitative estimate of drug-likeness (QED) is 0.278. The van der Waals surface area contributed by atoms with E-state index in [-0.39, 0.29) is 5.57 Å². The maximum Gasteiger partial charge on any atom is 0.263 e. The topological polar surface area (TPSA) is 54.0 Å². The lowest BCUT2D eigenvalue weighted by Crippen LogP contribution is -2.31. The molecule has 1 rings (SSSR count). The SMILES string of the molecule is C=C\C(=C/C=C/N=C(N)/C(C)=C/N=C(C)N(C)CCC1(C)CCC(C)CC1)C(F)F. The Morgan fingerprint density at radius 1 is 1.27 bits per heavy atom. The maximum atomic E-state index is 12.6. The molecule has 0 saturated heterocycles. The summed E-state index contributed by atoms with van der Waals surface area (Å²) in [7, 11) is 2.06. The Bertz CT molecular complexity index is 709. The highest BCUT2D eigenvalue weighted by Gasteiger charge is 2.29. The molecule has 1 aliphatic carbocycles. The number of nitrogens with two attached hydrogens (primary N) is 1. The molecular weight excluding hydrogens is 382 g/mol. The number of amidine groups is 2. The van der Waals surface area contributed by atoms with Gasteiger partial charge in [-0.1, -0.05) is 45.4 Å². The predicted octanol–water partition coefficient (Wildman–Crippen LogP) is 6.10. The van der Waals surface area contributed by atoms with Gasteiger partial charge in [-0.05, 0) is 50.5 Å². The van der Waals surface area contributed by atoms with Crippen molar-refractivity contribution in [3.63, 3.8) is 0 Å². The van der Waals surface area contributed by atoms with E-state index in [9.17, 15) is 8.78 Å². The van der Waals surface area contributed by atoms with Gasteiger partial charge in [0.15, 0.2) is 0 Å². The molecule has 0 aromatic rings. The van der Waals surface area contributed by atoms with E-state index in [1.54, 1.807) is 6.20 Å². The molecule has 2 N–H and O–H groups in total. The molecule has 1 saturated carbocycles. The van der Waals surface area contributed by atoms with Crippen molar-refractivity contribution in [1.29, 1.82) is 0 Å². The third-order valence-corrected chi connectivity index (χ3v) is 6.01. The van der Waals surface area contributed by atoms with Crippen molar-refractivity contribution in [3.05, 3.63) is 48.4 Å². The standard InChI is InChI=1S/C24H38F2N4/c1-7-21(22(25)26)9-8-15-28-23(27)19(3)17-29-20(4)30(6)16-14-24(5)12-10-18(2)11-13-24/h7-9,15,17-18,22H,1,10-14,16H2,2-6H3,(H2,27,28)/b15-8+,19-17+,21-9+,29-20?. The minimum Gasteiger partial charge on any atom is -0.383 e. The maximum absolute atomic E-state index is 12.6. The monoisotopic (exact) mass is 420 g/mol. The lowest BCUT2D eigenvalue weighted by molar-refractivity contribution is 0.155. The molecule has 0 aliphatic heterocycles. The van der Waals surface area contributed by atoms with E-state index < -0.39 is 6.43 Å². The fourth-order valence-electron chi connectivity index (χ4n) is 3.27. The van der Waals surface area contributed by atoms with Gasteiger partial charge >= 0.3 is 0 Å². The number of allylic oxidation sites excluding steroid dienone is 4. The number of hydrogen-bond acceptors (Lipinski definition) is 2. The molecule has 30 heavy (non-hydrogen) atoms. The molecule has 0 spiro atoms. The highest BCUT2D eigenvalue weighted by Crippen LogP contribution is 2.41. The first kappa shape index (κ1) is 25.8. The number of aliphatic imine (C=N–C) groups is 2. The average Bonchev–Trinajstić information content (AvgIpc) is 2.71. The van der Waals surface area contributed by atoms with Crippen LogP contribution in [0.1, 0.15) is 59.8 Å². The van der Waals surface area contributed by atoms with Crippen molar-refractivity contribution >= 4 is 11.7 Å². The summed E-state index contributed by atoms with van der Waals surface area (Å²) in [5.41, 5.74) is 6.91. The van der Waals surface area contributed by atoms with Crippen LogP contribution in [0, 0.1) is 11.3 Å². The van der Waals surface area contributed by atoms with Crippen LogP contribution in [0.2, 0.25) is 0 Å². The van der Waals surface area contributed by atoms with Crippen molar-refractivity contribution in [1.82, 2.24) is 4.90 Å². The van der Waals surface area contributed by atoms with Gasteiger partial charge in [-0.2, -0.15) is 0 Å². The highest BCUT2D eigenvalue weighted by atomic mass is 19.3. The molecule has 0 aromatic carbocycles. The molecule has 0 heterocycles. The van der Waals surface area contributed by atoms with Gasteiger partial charge in [0.2, 0.25) is 0 Å². The van der Waals surface area contributed by atoms with E-state index in [2.05, 4.69) is 42.4 Å². The van der Waals surface area contributed by atoms with Crippen molar-refractivity contribution in [2.75, 3.05) is 13.6 Å². The Morgan fingerprint density at radius 2 is 1.90 bits per heavy atom. The number of alkyl halides is 2. The molecule has 0 aromatic heterocycles. The van der Waals surface area contributed by atoms with Gasteiger partial charge in [0.05, 0.1) is 0 Å². The Morgan fingerprint density at radius 3 is 2.47 bits per heavy atom. The number of hydrogen-bond donors (Lipinski definition) is 1. The Labute approximate surface area is 181 Å². The zero-order valence-electron chi connectivity index (χ0n) is 19.2. The van der Waals surface area contributed by atoms with E-state index in [4.69, 9.17) is 5.73 Å². The molecule has 168 valence electrons. The van der Waals surface area contributed by atoms with Crippen LogP contribution in [-0.2, 0) is 0 Å². The van der Waals surface area contributed by atoms with Crippen LogP contribution in [0.15, 0.2) is 58.3 Å². The second-order valence-electron chi connectivity index (χ2n) is 8.68. The molecular formula is C24H38F2N4. The third-order valence-electron chi connectivity index (χ3n) is 6.01. The molecule has 0 atom stereocenters. The molecule has 4 nitrogen and oxygen atoms in total. The van der Waals surface area contributed by atoms with E-state index in [0.29, 0.717) is 16.8 Å². The summed E-state index contributed by atoms with van der Waals surface area (Å²) in [6.45, 7) is 12.9. The van der Waals surface area contributed by atoms with E-state index in [1.165, 1.54) is 50.5 Å². The van der Waals surface area contributed by atoms with Crippen LogP contribution in [0.3, 0.4) is 0 Å². The van der Waals surface area contributed by atoms with E-state index in [1.807, 2.05) is 13.8 Å². The summed E-state index contributed by atoms with van der Waals surface area (Å²) in [4.78, 5) is 10.7. The second kappa shape index (κ2) is 12.5. The number of rotatable bonds is 9. The van der Waals surface area contributed by atoms with Gasteiger partial charge in [0, 0.05) is 37.1 Å². The molecule has 0 bridgehead atoms. The molecule has 0 unspecified atom stereocenters. The smallest absolute Gasteiger partial charge is 0.263 e. The van der Waals surface area contributed by atoms with Crippen LogP contribution in [0.5, 0.6) is 0 Å².